The van der Waals surface area contributed by atoms with Gasteiger partial charge >= 0.3 is 0 Å². The van der Waals surface area contributed by atoms with E-state index in [-0.39, 0.29) is 42.3 Å². The van der Waals surface area contributed by atoms with Crippen molar-refractivity contribution in [2.75, 3.05) is 33.4 Å². The number of aliphatic hydroxyl groups excluding tert-OH is 1. The van der Waals surface area contributed by atoms with Gasteiger partial charge in [0.05, 0.1) is 24.5 Å². The molecular weight excluding hydrogens is 468 g/mol. The van der Waals surface area contributed by atoms with Gasteiger partial charge in [-0.1, -0.05) is 32.0 Å². The smallest absolute Gasteiger partial charge is 0.227 e. The predicted molar refractivity (Wildman–Crippen MR) is 145 cm³/mol. The van der Waals surface area contributed by atoms with Crippen molar-refractivity contribution in [2.45, 2.75) is 71.1 Å². The Morgan fingerprint density at radius 2 is 1.97 bits per heavy atom. The van der Waals surface area contributed by atoms with Crippen LogP contribution in [0.15, 0.2) is 30.5 Å². The Kier molecular flexibility index (Phi) is 9.62. The molecule has 1 aliphatic carbocycles. The summed E-state index contributed by atoms with van der Waals surface area (Å²) < 4.78 is 7.52. The third-order valence-electron chi connectivity index (χ3n) is 7.62. The number of aryl methyl sites for hydroxylation is 1. The fourth-order valence-corrected chi connectivity index (χ4v) is 5.60. The number of rotatable bonds is 13. The summed E-state index contributed by atoms with van der Waals surface area (Å²) >= 11 is 0. The molecule has 1 saturated carbocycles. The van der Waals surface area contributed by atoms with Crippen LogP contribution in [0.25, 0.3) is 10.9 Å². The number of amides is 2. The normalized spacial score (nSPS) is 20.8. The van der Waals surface area contributed by atoms with E-state index in [4.69, 9.17) is 4.74 Å². The molecule has 0 bridgehead atoms. The van der Waals surface area contributed by atoms with E-state index in [1.807, 2.05) is 0 Å². The van der Waals surface area contributed by atoms with Crippen LogP contribution >= 0.6 is 0 Å². The number of para-hydroxylation sites is 1. The second-order valence-electron chi connectivity index (χ2n) is 11.2. The van der Waals surface area contributed by atoms with Crippen molar-refractivity contribution in [1.82, 2.24) is 20.1 Å². The largest absolute Gasteiger partial charge is 0.394 e. The Morgan fingerprint density at radius 1 is 1.22 bits per heavy atom. The van der Waals surface area contributed by atoms with Crippen molar-refractivity contribution in [3.8, 4) is 0 Å². The molecule has 8 heteroatoms. The van der Waals surface area contributed by atoms with Crippen molar-refractivity contribution in [3.05, 3.63) is 36.0 Å². The van der Waals surface area contributed by atoms with Crippen molar-refractivity contribution >= 4 is 22.7 Å². The average Bonchev–Trinajstić information content (AvgIpc) is 3.69. The second-order valence-corrected chi connectivity index (χ2v) is 11.2. The SMILES string of the molecule is COCCCn1cc(CN(C(=O)[C@H]2CNC[C@@H](C(=O)NC(CO)CC(C)C)C2)C2CC2)c2ccccc21. The van der Waals surface area contributed by atoms with Gasteiger partial charge in [0.2, 0.25) is 11.8 Å². The Bertz CT molecular complexity index is 1050. The minimum atomic E-state index is -0.271. The predicted octanol–water partition coefficient (Wildman–Crippen LogP) is 2.92. The molecule has 1 aromatic carbocycles. The lowest BCUT2D eigenvalue weighted by Crippen LogP contribution is -2.51. The molecule has 4 rings (SSSR count). The van der Waals surface area contributed by atoms with Crippen LogP contribution in [0, 0.1) is 17.8 Å². The lowest BCUT2D eigenvalue weighted by atomic mass is 9.88. The standard InChI is InChI=1S/C29H44N4O4/c1-20(2)13-24(19-34)31-28(35)21-14-22(16-30-15-21)29(36)33(25-9-10-25)18-23-17-32(11-6-12-37-3)27-8-5-4-7-26(23)27/h4-5,7-8,17,20-22,24-25,30,34H,6,9-16,18-19H2,1-3H3,(H,31,35)/t21-,22+,24?/m0/s1. The fraction of sp³-hybridized carbons (Fsp3) is 0.655. The number of hydrogen-bond acceptors (Lipinski definition) is 5. The minimum Gasteiger partial charge on any atom is -0.394 e. The van der Waals surface area contributed by atoms with Gasteiger partial charge in [-0.25, -0.2) is 0 Å². The minimum absolute atomic E-state index is 0.0678. The number of piperidine rings is 1. The summed E-state index contributed by atoms with van der Waals surface area (Å²) in [7, 11) is 1.73. The Morgan fingerprint density at radius 3 is 2.68 bits per heavy atom. The summed E-state index contributed by atoms with van der Waals surface area (Å²) in [6.45, 7) is 7.43. The first-order chi connectivity index (χ1) is 17.9. The van der Waals surface area contributed by atoms with Gasteiger partial charge in [0, 0.05) is 63.0 Å². The number of carbonyl (C=O) groups is 2. The molecule has 2 fully saturated rings. The van der Waals surface area contributed by atoms with Crippen LogP contribution in [-0.4, -0.2) is 71.9 Å². The van der Waals surface area contributed by atoms with E-state index in [2.05, 4.69) is 64.4 Å². The van der Waals surface area contributed by atoms with Gasteiger partial charge in [-0.05, 0) is 49.7 Å². The molecule has 3 N–H and O–H groups in total. The van der Waals surface area contributed by atoms with E-state index < -0.39 is 0 Å². The van der Waals surface area contributed by atoms with Gasteiger partial charge in [-0.15, -0.1) is 0 Å². The van der Waals surface area contributed by atoms with Crippen molar-refractivity contribution in [1.29, 1.82) is 0 Å². The highest BCUT2D eigenvalue weighted by Crippen LogP contribution is 2.33. The zero-order valence-electron chi connectivity index (χ0n) is 22.6. The third-order valence-corrected chi connectivity index (χ3v) is 7.62. The third kappa shape index (κ3) is 7.12. The second kappa shape index (κ2) is 12.9. The molecule has 3 atom stereocenters. The molecule has 37 heavy (non-hydrogen) atoms. The quantitative estimate of drug-likeness (QED) is 0.359. The maximum Gasteiger partial charge on any atom is 0.227 e. The summed E-state index contributed by atoms with van der Waals surface area (Å²) in [6, 6.07) is 8.44. The Hall–Kier alpha value is -2.42. The van der Waals surface area contributed by atoms with E-state index in [1.165, 1.54) is 16.5 Å². The van der Waals surface area contributed by atoms with Crippen LogP contribution in [0.5, 0.6) is 0 Å². The van der Waals surface area contributed by atoms with Crippen LogP contribution in [0.2, 0.25) is 0 Å². The lowest BCUT2D eigenvalue weighted by Gasteiger charge is -2.33. The molecular formula is C29H44N4O4. The maximum atomic E-state index is 13.8. The summed E-state index contributed by atoms with van der Waals surface area (Å²) in [5, 5.41) is 17.2. The number of benzene rings is 1. The summed E-state index contributed by atoms with van der Waals surface area (Å²) in [6.07, 6.45) is 6.48. The molecule has 8 nitrogen and oxygen atoms in total. The van der Waals surface area contributed by atoms with Crippen LogP contribution in [0.1, 0.15) is 51.5 Å². The highest BCUT2D eigenvalue weighted by atomic mass is 16.5. The monoisotopic (exact) mass is 512 g/mol. The van der Waals surface area contributed by atoms with Gasteiger partial charge < -0.3 is 29.9 Å². The first kappa shape index (κ1) is 27.6. The Labute approximate surface area is 220 Å². The molecule has 0 spiro atoms. The zero-order chi connectivity index (χ0) is 26.4. The molecule has 2 heterocycles. The number of nitrogens with zero attached hydrogens (tertiary/aromatic N) is 2. The first-order valence-corrected chi connectivity index (χ1v) is 13.9. The van der Waals surface area contributed by atoms with Crippen LogP contribution < -0.4 is 10.6 Å². The maximum absolute atomic E-state index is 13.8. The summed E-state index contributed by atoms with van der Waals surface area (Å²) in [5.74, 6) is -0.0359. The molecule has 2 aromatic rings. The topological polar surface area (TPSA) is 95.8 Å². The number of aromatic nitrogens is 1. The number of methoxy groups -OCH3 is 1. The number of ether oxygens (including phenoxy) is 1. The van der Waals surface area contributed by atoms with E-state index >= 15 is 0 Å². The molecule has 2 amide bonds. The highest BCUT2D eigenvalue weighted by molar-refractivity contribution is 5.86. The Balaban J connectivity index is 1.45. The number of fused-ring (bicyclic) bond motifs is 1. The van der Waals surface area contributed by atoms with Crippen molar-refractivity contribution in [2.24, 2.45) is 17.8 Å². The van der Waals surface area contributed by atoms with Crippen molar-refractivity contribution in [3.63, 3.8) is 0 Å². The summed E-state index contributed by atoms with van der Waals surface area (Å²) in [4.78, 5) is 28.9. The summed E-state index contributed by atoms with van der Waals surface area (Å²) in [5.41, 5.74) is 2.36. The van der Waals surface area contributed by atoms with E-state index in [1.54, 1.807) is 7.11 Å². The molecule has 0 radical (unpaired) electrons. The van der Waals surface area contributed by atoms with Crippen LogP contribution in [0.4, 0.5) is 0 Å². The van der Waals surface area contributed by atoms with E-state index in [0.717, 1.165) is 32.2 Å². The molecule has 1 saturated heterocycles. The molecule has 2 aliphatic rings. The van der Waals surface area contributed by atoms with E-state index in [9.17, 15) is 14.7 Å². The van der Waals surface area contributed by atoms with E-state index in [0.29, 0.717) is 38.6 Å². The van der Waals surface area contributed by atoms with Gasteiger partial charge in [0.15, 0.2) is 0 Å². The van der Waals surface area contributed by atoms with Crippen molar-refractivity contribution < 1.29 is 19.4 Å². The van der Waals surface area contributed by atoms with Gasteiger partial charge in [0.25, 0.3) is 0 Å². The highest BCUT2D eigenvalue weighted by Gasteiger charge is 2.39. The van der Waals surface area contributed by atoms with Crippen LogP contribution in [0.3, 0.4) is 0 Å². The molecule has 1 aliphatic heterocycles. The number of nitrogens with one attached hydrogen (secondary N) is 2. The number of aliphatic hydroxyl groups is 1. The zero-order valence-corrected chi connectivity index (χ0v) is 22.6. The number of carbonyl (C=O) groups excluding carboxylic acids is 2. The molecule has 1 unspecified atom stereocenters. The first-order valence-electron chi connectivity index (χ1n) is 13.9. The number of hydrogen-bond donors (Lipinski definition) is 3. The van der Waals surface area contributed by atoms with Crippen LogP contribution in [-0.2, 0) is 27.4 Å². The molecule has 204 valence electrons. The molecule has 1 aromatic heterocycles. The van der Waals surface area contributed by atoms with Gasteiger partial charge in [0.1, 0.15) is 0 Å². The lowest BCUT2D eigenvalue weighted by molar-refractivity contribution is -0.139. The fourth-order valence-electron chi connectivity index (χ4n) is 5.60. The van der Waals surface area contributed by atoms with Gasteiger partial charge in [-0.2, -0.15) is 0 Å². The average molecular weight is 513 g/mol. The van der Waals surface area contributed by atoms with Gasteiger partial charge in [-0.3, -0.25) is 9.59 Å².